The summed E-state index contributed by atoms with van der Waals surface area (Å²) in [5.41, 5.74) is 5.06. The molecule has 14 heteroatoms. The number of hydrogen-bond acceptors (Lipinski definition) is 8. The van der Waals surface area contributed by atoms with Gasteiger partial charge in [0, 0.05) is 23.7 Å². The van der Waals surface area contributed by atoms with Gasteiger partial charge in [0.2, 0.25) is 11.8 Å². The fourth-order valence-corrected chi connectivity index (χ4v) is 10.7. The number of aliphatic imine (C=N–C) groups is 2. The van der Waals surface area contributed by atoms with Crippen molar-refractivity contribution in [2.45, 2.75) is 64.5 Å². The molecule has 54 heavy (non-hydrogen) atoms. The third-order valence-electron chi connectivity index (χ3n) is 9.35. The second kappa shape index (κ2) is 18.0. The molecule has 2 amide bonds. The number of thiophene rings is 4. The van der Waals surface area contributed by atoms with Crippen molar-refractivity contribution < 1.29 is 19.8 Å². The zero-order chi connectivity index (χ0) is 37.6. The van der Waals surface area contributed by atoms with Crippen LogP contribution in [-0.4, -0.2) is 53.2 Å². The number of nitrogens with zero attached hydrogens (tertiary/aromatic N) is 4. The fraction of sp³-hybridized carbons (Fsp3) is 0.300. The van der Waals surface area contributed by atoms with Crippen molar-refractivity contribution >= 4 is 100 Å². The van der Waals surface area contributed by atoms with Crippen LogP contribution in [0.4, 0.5) is 0 Å². The SMILES string of the molecule is O=C1N=C(c2cccs2)c2c1c(-c1cccs1)n(CCCCCCBr)c2O.O=C1N=C(c2cccs2)c2c1c(-c1cccs1)n(CCCCCCBr)c2O. The minimum absolute atomic E-state index is 0.159. The maximum Gasteiger partial charge on any atom is 0.280 e. The number of aromatic nitrogens is 2. The molecule has 6 aromatic rings. The monoisotopic (exact) mass is 924 g/mol. The molecule has 0 unspecified atom stereocenters. The van der Waals surface area contributed by atoms with Crippen molar-refractivity contribution in [3.05, 3.63) is 102 Å². The summed E-state index contributed by atoms with van der Waals surface area (Å²) >= 11 is 13.1. The number of carbonyl (C=O) groups is 2. The number of halogens is 2. The molecule has 8 nitrogen and oxygen atoms in total. The fourth-order valence-electron chi connectivity index (χ4n) is 6.90. The average Bonchev–Trinajstić information content (AvgIpc) is 4.02. The standard InChI is InChI=1S/2C20H19BrN2O2S2/c2*21-9-3-1-2-4-10-23-18(14-8-6-12-27-14)16-15(20(23)25)17(22-19(16)24)13-7-5-11-26-13/h2*5-8,11-12,25H,1-4,9-10H2. The van der Waals surface area contributed by atoms with E-state index in [1.54, 1.807) is 22.7 Å². The Hall–Kier alpha value is -3.40. The Morgan fingerprint density at radius 2 is 0.852 bits per heavy atom. The van der Waals surface area contributed by atoms with E-state index in [0.717, 1.165) is 92.9 Å². The minimum atomic E-state index is -0.259. The smallest absolute Gasteiger partial charge is 0.280 e. The number of alkyl halides is 2. The summed E-state index contributed by atoms with van der Waals surface area (Å²) in [6.07, 6.45) is 8.73. The van der Waals surface area contributed by atoms with Crippen LogP contribution < -0.4 is 0 Å². The lowest BCUT2D eigenvalue weighted by molar-refractivity contribution is 0.0998. The summed E-state index contributed by atoms with van der Waals surface area (Å²) in [7, 11) is 0. The van der Waals surface area contributed by atoms with E-state index in [-0.39, 0.29) is 23.6 Å². The van der Waals surface area contributed by atoms with Crippen LogP contribution in [0.1, 0.15) is 93.0 Å². The molecule has 0 radical (unpaired) electrons. The Bertz CT molecular complexity index is 2110. The molecule has 0 fully saturated rings. The zero-order valence-corrected chi connectivity index (χ0v) is 35.7. The Labute approximate surface area is 346 Å². The molecule has 0 atom stereocenters. The van der Waals surface area contributed by atoms with E-state index >= 15 is 0 Å². The molecule has 0 aromatic carbocycles. The van der Waals surface area contributed by atoms with Crippen molar-refractivity contribution in [3.63, 3.8) is 0 Å². The molecule has 2 aliphatic heterocycles. The summed E-state index contributed by atoms with van der Waals surface area (Å²) in [5.74, 6) is -0.200. The second-order valence-corrected chi connectivity index (χ2v) is 18.2. The van der Waals surface area contributed by atoms with E-state index in [2.05, 4.69) is 41.8 Å². The highest BCUT2D eigenvalue weighted by Crippen LogP contribution is 2.44. The number of hydrogen-bond donors (Lipinski definition) is 2. The van der Waals surface area contributed by atoms with Crippen LogP contribution in [0.2, 0.25) is 0 Å². The van der Waals surface area contributed by atoms with Gasteiger partial charge in [-0.15, -0.1) is 45.3 Å². The highest BCUT2D eigenvalue weighted by Gasteiger charge is 2.38. The Morgan fingerprint density at radius 1 is 0.500 bits per heavy atom. The van der Waals surface area contributed by atoms with E-state index < -0.39 is 0 Å². The summed E-state index contributed by atoms with van der Waals surface area (Å²) in [4.78, 5) is 37.8. The molecule has 6 aromatic heterocycles. The van der Waals surface area contributed by atoms with Crippen molar-refractivity contribution in [2.75, 3.05) is 10.7 Å². The first-order chi connectivity index (χ1) is 26.4. The van der Waals surface area contributed by atoms with E-state index in [4.69, 9.17) is 0 Å². The number of rotatable bonds is 16. The van der Waals surface area contributed by atoms with Crippen molar-refractivity contribution in [1.29, 1.82) is 0 Å². The molecule has 280 valence electrons. The Balaban J connectivity index is 0.000000167. The first kappa shape index (κ1) is 38.9. The third-order valence-corrected chi connectivity index (χ3v) is 14.0. The minimum Gasteiger partial charge on any atom is -0.494 e. The van der Waals surface area contributed by atoms with Gasteiger partial charge in [0.25, 0.3) is 11.8 Å². The normalized spacial score (nSPS) is 13.2. The Morgan fingerprint density at radius 3 is 1.19 bits per heavy atom. The number of unbranched alkanes of at least 4 members (excludes halogenated alkanes) is 6. The van der Waals surface area contributed by atoms with Crippen molar-refractivity contribution in [2.24, 2.45) is 9.98 Å². The van der Waals surface area contributed by atoms with Gasteiger partial charge in [-0.2, -0.15) is 0 Å². The van der Waals surface area contributed by atoms with Crippen LogP contribution >= 0.6 is 77.2 Å². The Kier molecular flexibility index (Phi) is 13.0. The second-order valence-electron chi connectivity index (χ2n) is 12.8. The van der Waals surface area contributed by atoms with Crippen molar-refractivity contribution in [1.82, 2.24) is 9.13 Å². The molecule has 0 saturated heterocycles. The summed E-state index contributed by atoms with van der Waals surface area (Å²) < 4.78 is 3.82. The van der Waals surface area contributed by atoms with Crippen LogP contribution in [0.25, 0.3) is 21.1 Å². The maximum atomic E-state index is 12.8. The molecule has 0 saturated carbocycles. The topological polar surface area (TPSA) is 109 Å². The van der Waals surface area contributed by atoms with Crippen molar-refractivity contribution in [3.8, 4) is 32.9 Å². The van der Waals surface area contributed by atoms with Gasteiger partial charge in [-0.05, 0) is 71.5 Å². The maximum absolute atomic E-state index is 12.8. The van der Waals surface area contributed by atoms with Gasteiger partial charge in [0.1, 0.15) is 0 Å². The first-order valence-electron chi connectivity index (χ1n) is 17.9. The number of fused-ring (bicyclic) bond motifs is 2. The lowest BCUT2D eigenvalue weighted by Gasteiger charge is -2.11. The summed E-state index contributed by atoms with van der Waals surface area (Å²) in [5, 5.41) is 32.0. The summed E-state index contributed by atoms with van der Waals surface area (Å²) in [6, 6.07) is 15.7. The molecule has 0 bridgehead atoms. The number of carbonyl (C=O) groups excluding carboxylic acids is 2. The van der Waals surface area contributed by atoms with E-state index in [9.17, 15) is 19.8 Å². The van der Waals surface area contributed by atoms with Gasteiger partial charge in [0.15, 0.2) is 0 Å². The van der Waals surface area contributed by atoms with Crippen LogP contribution in [0, 0.1) is 0 Å². The lowest BCUT2D eigenvalue weighted by Crippen LogP contribution is -2.03. The van der Waals surface area contributed by atoms with Gasteiger partial charge >= 0.3 is 0 Å². The molecular formula is C40H38Br2N4O4S4. The van der Waals surface area contributed by atoms with E-state index in [0.29, 0.717) is 46.8 Å². The quantitative estimate of drug-likeness (QED) is 0.0744. The van der Waals surface area contributed by atoms with Gasteiger partial charge in [-0.3, -0.25) is 9.59 Å². The van der Waals surface area contributed by atoms with Crippen LogP contribution in [-0.2, 0) is 13.1 Å². The van der Waals surface area contributed by atoms with Crippen LogP contribution in [0.3, 0.4) is 0 Å². The average molecular weight is 927 g/mol. The highest BCUT2D eigenvalue weighted by molar-refractivity contribution is 9.09. The third kappa shape index (κ3) is 7.83. The highest BCUT2D eigenvalue weighted by atomic mass is 79.9. The predicted molar refractivity (Wildman–Crippen MR) is 232 cm³/mol. The molecular weight excluding hydrogens is 889 g/mol. The van der Waals surface area contributed by atoms with E-state index in [1.807, 2.05) is 79.2 Å². The van der Waals surface area contributed by atoms with Gasteiger partial charge in [-0.1, -0.05) is 81.8 Å². The zero-order valence-electron chi connectivity index (χ0n) is 29.3. The number of amides is 2. The first-order valence-corrected chi connectivity index (χ1v) is 23.7. The molecule has 0 aliphatic carbocycles. The van der Waals surface area contributed by atoms with Gasteiger partial charge in [0.05, 0.1) is 64.6 Å². The lowest BCUT2D eigenvalue weighted by atomic mass is 10.1. The summed E-state index contributed by atoms with van der Waals surface area (Å²) in [6.45, 7) is 1.39. The molecule has 8 rings (SSSR count). The molecule has 2 N–H and O–H groups in total. The van der Waals surface area contributed by atoms with Crippen LogP contribution in [0.15, 0.2) is 80.0 Å². The van der Waals surface area contributed by atoms with Crippen LogP contribution in [0.5, 0.6) is 11.8 Å². The molecule has 2 aliphatic rings. The number of aromatic hydroxyl groups is 2. The van der Waals surface area contributed by atoms with Gasteiger partial charge in [-0.25, -0.2) is 9.98 Å². The predicted octanol–water partition coefficient (Wildman–Crippen LogP) is 11.9. The van der Waals surface area contributed by atoms with Gasteiger partial charge < -0.3 is 19.3 Å². The van der Waals surface area contributed by atoms with E-state index in [1.165, 1.54) is 22.7 Å². The largest absolute Gasteiger partial charge is 0.494 e. The molecule has 8 heterocycles. The molecule has 0 spiro atoms.